The Morgan fingerprint density at radius 3 is 2.48 bits per heavy atom. The Bertz CT molecular complexity index is 643. The van der Waals surface area contributed by atoms with Crippen LogP contribution in [0.25, 0.3) is 0 Å². The summed E-state index contributed by atoms with van der Waals surface area (Å²) in [4.78, 5) is 0. The quantitative estimate of drug-likeness (QED) is 0.822. The van der Waals surface area contributed by atoms with Gasteiger partial charge in [0.05, 0.1) is 12.2 Å². The van der Waals surface area contributed by atoms with E-state index in [1.54, 1.807) is 12.1 Å². The van der Waals surface area contributed by atoms with E-state index in [1.807, 2.05) is 6.07 Å². The Morgan fingerprint density at radius 2 is 1.81 bits per heavy atom. The van der Waals surface area contributed by atoms with E-state index in [0.717, 1.165) is 17.0 Å². The summed E-state index contributed by atoms with van der Waals surface area (Å²) in [5.74, 6) is 0.626. The van der Waals surface area contributed by atoms with E-state index in [1.165, 1.54) is 17.7 Å². The molecule has 1 unspecified atom stereocenters. The van der Waals surface area contributed by atoms with Crippen LogP contribution < -0.4 is 10.1 Å². The minimum absolute atomic E-state index is 0.0846. The highest BCUT2D eigenvalue weighted by molar-refractivity contribution is 5.60. The van der Waals surface area contributed by atoms with E-state index < -0.39 is 0 Å². The molecule has 0 spiro atoms. The van der Waals surface area contributed by atoms with E-state index in [0.29, 0.717) is 6.54 Å². The van der Waals surface area contributed by atoms with Crippen LogP contribution in [0.2, 0.25) is 0 Å². The SMILES string of the molecule is CC(C)(C)c1ccc2c(c1)NCC(c1ccc(F)cc1)O2. The second kappa shape index (κ2) is 5.06. The molecule has 1 aliphatic heterocycles. The van der Waals surface area contributed by atoms with Crippen molar-refractivity contribution in [2.24, 2.45) is 0 Å². The van der Waals surface area contributed by atoms with Gasteiger partial charge >= 0.3 is 0 Å². The lowest BCUT2D eigenvalue weighted by Crippen LogP contribution is -2.24. The van der Waals surface area contributed by atoms with Gasteiger partial charge in [-0.3, -0.25) is 0 Å². The molecule has 0 aliphatic carbocycles. The Labute approximate surface area is 125 Å². The maximum Gasteiger partial charge on any atom is 0.143 e. The van der Waals surface area contributed by atoms with Crippen LogP contribution in [-0.2, 0) is 5.41 Å². The molecule has 3 rings (SSSR count). The van der Waals surface area contributed by atoms with Gasteiger partial charge in [-0.05, 0) is 40.8 Å². The van der Waals surface area contributed by atoms with E-state index in [-0.39, 0.29) is 17.3 Å². The van der Waals surface area contributed by atoms with Crippen molar-refractivity contribution in [2.75, 3.05) is 11.9 Å². The summed E-state index contributed by atoms with van der Waals surface area (Å²) >= 11 is 0. The fourth-order valence-corrected chi connectivity index (χ4v) is 2.50. The predicted molar refractivity (Wildman–Crippen MR) is 83.4 cm³/mol. The van der Waals surface area contributed by atoms with E-state index in [4.69, 9.17) is 4.74 Å². The first-order chi connectivity index (χ1) is 9.93. The molecule has 0 amide bonds. The normalized spacial score (nSPS) is 17.6. The number of anilines is 1. The Kier molecular flexibility index (Phi) is 3.36. The van der Waals surface area contributed by atoms with Crippen molar-refractivity contribution in [1.29, 1.82) is 0 Å². The van der Waals surface area contributed by atoms with Crippen LogP contribution in [0, 0.1) is 5.82 Å². The molecule has 2 aromatic rings. The van der Waals surface area contributed by atoms with Gasteiger partial charge in [-0.2, -0.15) is 0 Å². The summed E-state index contributed by atoms with van der Waals surface area (Å²) in [6.07, 6.45) is -0.0846. The third kappa shape index (κ3) is 2.87. The molecule has 21 heavy (non-hydrogen) atoms. The standard InChI is InChI=1S/C18H20FNO/c1-18(2,3)13-6-9-16-15(10-13)20-11-17(21-16)12-4-7-14(19)8-5-12/h4-10,17,20H,11H2,1-3H3. The lowest BCUT2D eigenvalue weighted by molar-refractivity contribution is 0.210. The Balaban J connectivity index is 1.85. The second-order valence-electron chi connectivity index (χ2n) is 6.50. The van der Waals surface area contributed by atoms with Crippen molar-refractivity contribution in [2.45, 2.75) is 32.3 Å². The topological polar surface area (TPSA) is 21.3 Å². The van der Waals surface area contributed by atoms with Crippen LogP contribution >= 0.6 is 0 Å². The van der Waals surface area contributed by atoms with Crippen LogP contribution in [-0.4, -0.2) is 6.54 Å². The van der Waals surface area contributed by atoms with Gasteiger partial charge in [0, 0.05) is 0 Å². The summed E-state index contributed by atoms with van der Waals surface area (Å²) in [5, 5.41) is 3.42. The summed E-state index contributed by atoms with van der Waals surface area (Å²) in [6.45, 7) is 7.27. The number of benzene rings is 2. The summed E-state index contributed by atoms with van der Waals surface area (Å²) in [6, 6.07) is 12.8. The third-order valence-electron chi connectivity index (χ3n) is 3.83. The molecule has 0 radical (unpaired) electrons. The van der Waals surface area contributed by atoms with E-state index in [9.17, 15) is 4.39 Å². The zero-order valence-corrected chi connectivity index (χ0v) is 12.6. The zero-order chi connectivity index (χ0) is 15.0. The van der Waals surface area contributed by atoms with Gasteiger partial charge in [0.25, 0.3) is 0 Å². The van der Waals surface area contributed by atoms with Crippen LogP contribution in [0.4, 0.5) is 10.1 Å². The van der Waals surface area contributed by atoms with Crippen molar-refractivity contribution < 1.29 is 9.13 Å². The van der Waals surface area contributed by atoms with Gasteiger partial charge in [0.15, 0.2) is 0 Å². The Hall–Kier alpha value is -2.03. The van der Waals surface area contributed by atoms with Crippen LogP contribution in [0.5, 0.6) is 5.75 Å². The fourth-order valence-electron chi connectivity index (χ4n) is 2.50. The van der Waals surface area contributed by atoms with Gasteiger partial charge in [0.2, 0.25) is 0 Å². The van der Waals surface area contributed by atoms with E-state index in [2.05, 4.69) is 38.2 Å². The highest BCUT2D eigenvalue weighted by Gasteiger charge is 2.23. The fraction of sp³-hybridized carbons (Fsp3) is 0.333. The van der Waals surface area contributed by atoms with Crippen molar-refractivity contribution in [1.82, 2.24) is 0 Å². The molecule has 0 bridgehead atoms. The number of fused-ring (bicyclic) bond motifs is 1. The molecular weight excluding hydrogens is 265 g/mol. The molecule has 0 saturated heterocycles. The molecule has 0 saturated carbocycles. The number of ether oxygens (including phenoxy) is 1. The number of hydrogen-bond acceptors (Lipinski definition) is 2. The molecule has 2 aromatic carbocycles. The number of nitrogens with one attached hydrogen (secondary N) is 1. The van der Waals surface area contributed by atoms with Crippen molar-refractivity contribution in [3.63, 3.8) is 0 Å². The van der Waals surface area contributed by atoms with Gasteiger partial charge in [-0.25, -0.2) is 4.39 Å². The monoisotopic (exact) mass is 285 g/mol. The van der Waals surface area contributed by atoms with Crippen molar-refractivity contribution in [3.05, 3.63) is 59.4 Å². The first-order valence-corrected chi connectivity index (χ1v) is 7.24. The summed E-state index contributed by atoms with van der Waals surface area (Å²) in [5.41, 5.74) is 3.40. The molecule has 0 fully saturated rings. The minimum Gasteiger partial charge on any atom is -0.482 e. The van der Waals surface area contributed by atoms with Gasteiger partial charge in [0.1, 0.15) is 17.7 Å². The maximum atomic E-state index is 13.0. The molecule has 1 atom stereocenters. The largest absolute Gasteiger partial charge is 0.482 e. The highest BCUT2D eigenvalue weighted by Crippen LogP contribution is 2.37. The maximum absolute atomic E-state index is 13.0. The number of rotatable bonds is 1. The average molecular weight is 285 g/mol. The summed E-state index contributed by atoms with van der Waals surface area (Å²) < 4.78 is 19.0. The average Bonchev–Trinajstić information content (AvgIpc) is 2.46. The van der Waals surface area contributed by atoms with Gasteiger partial charge < -0.3 is 10.1 Å². The summed E-state index contributed by atoms with van der Waals surface area (Å²) in [7, 11) is 0. The first kappa shape index (κ1) is 13.9. The van der Waals surface area contributed by atoms with Crippen LogP contribution in [0.15, 0.2) is 42.5 Å². The third-order valence-corrected chi connectivity index (χ3v) is 3.83. The molecule has 0 aromatic heterocycles. The van der Waals surface area contributed by atoms with Crippen LogP contribution in [0.1, 0.15) is 38.0 Å². The number of hydrogen-bond donors (Lipinski definition) is 1. The molecule has 1 heterocycles. The molecule has 110 valence electrons. The van der Waals surface area contributed by atoms with Crippen molar-refractivity contribution in [3.8, 4) is 5.75 Å². The first-order valence-electron chi connectivity index (χ1n) is 7.24. The van der Waals surface area contributed by atoms with E-state index >= 15 is 0 Å². The Morgan fingerprint density at radius 1 is 1.10 bits per heavy atom. The molecular formula is C18H20FNO. The predicted octanol–water partition coefficient (Wildman–Crippen LogP) is 4.67. The zero-order valence-electron chi connectivity index (χ0n) is 12.6. The molecule has 1 N–H and O–H groups in total. The highest BCUT2D eigenvalue weighted by atomic mass is 19.1. The minimum atomic E-state index is -0.224. The number of halogens is 1. The molecule has 2 nitrogen and oxygen atoms in total. The lowest BCUT2D eigenvalue weighted by Gasteiger charge is -2.29. The van der Waals surface area contributed by atoms with Crippen molar-refractivity contribution >= 4 is 5.69 Å². The molecule has 1 aliphatic rings. The van der Waals surface area contributed by atoms with Crippen LogP contribution in [0.3, 0.4) is 0 Å². The molecule has 3 heteroatoms. The smallest absolute Gasteiger partial charge is 0.143 e. The van der Waals surface area contributed by atoms with Gasteiger partial charge in [-0.1, -0.05) is 39.0 Å². The lowest BCUT2D eigenvalue weighted by atomic mass is 9.86. The van der Waals surface area contributed by atoms with Gasteiger partial charge in [-0.15, -0.1) is 0 Å². The second-order valence-corrected chi connectivity index (χ2v) is 6.50.